The van der Waals surface area contributed by atoms with E-state index in [0.717, 1.165) is 25.7 Å². The summed E-state index contributed by atoms with van der Waals surface area (Å²) in [5.74, 6) is 0. The van der Waals surface area contributed by atoms with Crippen molar-refractivity contribution in [2.75, 3.05) is 13.2 Å². The van der Waals surface area contributed by atoms with E-state index in [1.54, 1.807) is 0 Å². The summed E-state index contributed by atoms with van der Waals surface area (Å²) in [6.45, 7) is 0.745. The van der Waals surface area contributed by atoms with E-state index in [-0.39, 0.29) is 10.8 Å². The number of hydrogen-bond donors (Lipinski definition) is 1. The Labute approximate surface area is 286 Å². The molecule has 0 heterocycles. The van der Waals surface area contributed by atoms with Gasteiger partial charge in [-0.15, -0.1) is 0 Å². The van der Waals surface area contributed by atoms with Crippen LogP contribution in [0.3, 0.4) is 0 Å². The molecule has 0 atom stereocenters. The first-order valence-electron chi connectivity index (χ1n) is 17.0. The van der Waals surface area contributed by atoms with Crippen LogP contribution in [0.25, 0.3) is 0 Å². The van der Waals surface area contributed by atoms with Gasteiger partial charge in [-0.05, 0) is 59.1 Å². The molecule has 0 fully saturated rings. The van der Waals surface area contributed by atoms with Gasteiger partial charge >= 0.3 is 7.32 Å². The van der Waals surface area contributed by atoms with E-state index < -0.39 is 7.32 Å². The highest BCUT2D eigenvalue weighted by Crippen LogP contribution is 2.44. The van der Waals surface area contributed by atoms with Crippen molar-refractivity contribution in [3.63, 3.8) is 0 Å². The van der Waals surface area contributed by atoms with Crippen molar-refractivity contribution < 1.29 is 14.3 Å². The van der Waals surface area contributed by atoms with Gasteiger partial charge < -0.3 is 14.3 Å². The third kappa shape index (κ3) is 7.37. The molecule has 4 heteroatoms. The average molecular weight is 631 g/mol. The second-order valence-corrected chi connectivity index (χ2v) is 12.3. The molecule has 1 N–H and O–H groups in total. The van der Waals surface area contributed by atoms with Crippen LogP contribution in [0.1, 0.15) is 59.1 Å². The van der Waals surface area contributed by atoms with Crippen LogP contribution in [0.5, 0.6) is 0 Å². The Morgan fingerprint density at radius 2 is 0.562 bits per heavy atom. The van der Waals surface area contributed by atoms with Crippen molar-refractivity contribution in [2.24, 2.45) is 0 Å². The molecule has 240 valence electrons. The zero-order valence-corrected chi connectivity index (χ0v) is 27.4. The molecule has 0 radical (unpaired) electrons. The lowest BCUT2D eigenvalue weighted by molar-refractivity contribution is 0.126. The van der Waals surface area contributed by atoms with Crippen molar-refractivity contribution in [1.29, 1.82) is 0 Å². The molecule has 6 aromatic rings. The minimum absolute atomic E-state index is 0.353. The molecule has 0 aliphatic carbocycles. The van der Waals surface area contributed by atoms with Crippen LogP contribution >= 0.6 is 0 Å². The van der Waals surface area contributed by atoms with E-state index in [4.69, 9.17) is 9.31 Å². The fraction of sp³-hybridized carbons (Fsp3) is 0.182. The van der Waals surface area contributed by atoms with Crippen molar-refractivity contribution in [3.8, 4) is 0 Å². The molecule has 3 nitrogen and oxygen atoms in total. The lowest BCUT2D eigenvalue weighted by atomic mass is 9.67. The lowest BCUT2D eigenvalue weighted by Gasteiger charge is -2.36. The Bertz CT molecular complexity index is 1440. The molecule has 0 unspecified atom stereocenters. The molecule has 0 spiro atoms. The monoisotopic (exact) mass is 630 g/mol. The third-order valence-corrected chi connectivity index (χ3v) is 9.51. The second kappa shape index (κ2) is 16.4. The normalized spacial score (nSPS) is 11.7. The van der Waals surface area contributed by atoms with Gasteiger partial charge in [0.25, 0.3) is 0 Å². The molecule has 6 rings (SSSR count). The number of rotatable bonds is 16. The number of hydrogen-bond acceptors (Lipinski definition) is 3. The van der Waals surface area contributed by atoms with Gasteiger partial charge in [-0.3, -0.25) is 0 Å². The Hall–Kier alpha value is -4.74. The third-order valence-electron chi connectivity index (χ3n) is 9.51. The van der Waals surface area contributed by atoms with Gasteiger partial charge in [-0.2, -0.15) is 0 Å². The van der Waals surface area contributed by atoms with Crippen LogP contribution in [-0.4, -0.2) is 25.6 Å². The predicted molar refractivity (Wildman–Crippen MR) is 197 cm³/mol. The average Bonchev–Trinajstić information content (AvgIpc) is 3.17. The second-order valence-electron chi connectivity index (χ2n) is 12.3. The Balaban J connectivity index is 1.12. The van der Waals surface area contributed by atoms with Crippen LogP contribution in [-0.2, 0) is 20.1 Å². The Kier molecular flexibility index (Phi) is 11.3. The summed E-state index contributed by atoms with van der Waals surface area (Å²) in [5, 5.41) is 10.8. The van der Waals surface area contributed by atoms with Gasteiger partial charge in [-0.1, -0.05) is 182 Å². The summed E-state index contributed by atoms with van der Waals surface area (Å²) in [6, 6.07) is 64.1. The van der Waals surface area contributed by atoms with Crippen LogP contribution in [0.4, 0.5) is 0 Å². The highest BCUT2D eigenvalue weighted by Gasteiger charge is 2.37. The van der Waals surface area contributed by atoms with Crippen LogP contribution in [0, 0.1) is 0 Å². The molecule has 0 saturated carbocycles. The molecule has 0 aromatic heterocycles. The summed E-state index contributed by atoms with van der Waals surface area (Å²) >= 11 is 0. The van der Waals surface area contributed by atoms with Crippen LogP contribution in [0.2, 0.25) is 0 Å². The van der Waals surface area contributed by atoms with E-state index in [1.165, 1.54) is 33.4 Å². The molecule has 0 saturated heterocycles. The lowest BCUT2D eigenvalue weighted by Crippen LogP contribution is -2.31. The maximum atomic E-state index is 10.8. The minimum atomic E-state index is -1.29. The van der Waals surface area contributed by atoms with Crippen molar-refractivity contribution >= 4 is 7.32 Å². The van der Waals surface area contributed by atoms with Crippen molar-refractivity contribution in [2.45, 2.75) is 36.5 Å². The van der Waals surface area contributed by atoms with Gasteiger partial charge in [0.05, 0.1) is 0 Å². The fourth-order valence-electron chi connectivity index (χ4n) is 7.29. The predicted octanol–water partition coefficient (Wildman–Crippen LogP) is 9.63. The van der Waals surface area contributed by atoms with Gasteiger partial charge in [0.1, 0.15) is 0 Å². The van der Waals surface area contributed by atoms with E-state index in [2.05, 4.69) is 182 Å². The smallest absolute Gasteiger partial charge is 0.402 e. The molecule has 0 aliphatic heterocycles. The largest absolute Gasteiger partial charge is 0.636 e. The summed E-state index contributed by atoms with van der Waals surface area (Å²) in [4.78, 5) is 0. The molecule has 0 aliphatic rings. The zero-order chi connectivity index (χ0) is 32.9. The highest BCUT2D eigenvalue weighted by molar-refractivity contribution is 6.34. The first-order valence-corrected chi connectivity index (χ1v) is 17.0. The topological polar surface area (TPSA) is 38.7 Å². The Morgan fingerprint density at radius 3 is 0.771 bits per heavy atom. The summed E-state index contributed by atoms with van der Waals surface area (Å²) in [6.07, 6.45) is 3.09. The van der Waals surface area contributed by atoms with E-state index in [1.807, 2.05) is 0 Å². The maximum absolute atomic E-state index is 10.8. The Morgan fingerprint density at radius 1 is 0.354 bits per heavy atom. The quantitative estimate of drug-likeness (QED) is 0.0658. The fourth-order valence-corrected chi connectivity index (χ4v) is 7.29. The molecular weight excluding hydrogens is 587 g/mol. The van der Waals surface area contributed by atoms with Crippen molar-refractivity contribution in [3.05, 3.63) is 215 Å². The van der Waals surface area contributed by atoms with E-state index >= 15 is 0 Å². The van der Waals surface area contributed by atoms with Gasteiger partial charge in [0.2, 0.25) is 0 Å². The zero-order valence-electron chi connectivity index (χ0n) is 27.4. The van der Waals surface area contributed by atoms with Crippen molar-refractivity contribution in [1.82, 2.24) is 0 Å². The molecule has 0 bridgehead atoms. The minimum Gasteiger partial charge on any atom is -0.402 e. The molecule has 48 heavy (non-hydrogen) atoms. The highest BCUT2D eigenvalue weighted by atomic mass is 16.7. The van der Waals surface area contributed by atoms with Crippen LogP contribution < -0.4 is 0 Å². The van der Waals surface area contributed by atoms with E-state index in [9.17, 15) is 5.02 Å². The molecule has 0 amide bonds. The number of benzene rings is 6. The molecular formula is C44H43BO3. The first kappa shape index (κ1) is 33.2. The van der Waals surface area contributed by atoms with E-state index in [0.29, 0.717) is 13.2 Å². The standard InChI is InChI=1S/C44H43BO3/c46-45(47-35-19-33-43(37-21-7-1-8-22-37,38-23-9-2-10-24-38)39-25-11-3-12-26-39)48-36-20-34-44(40-27-13-4-14-28-40,41-29-15-5-16-30-41)42-31-17-6-18-32-42/h1-18,21-32,46H,19-20,33-36H2. The molecule has 6 aromatic carbocycles. The SMILES string of the molecule is OB(OCCCC(c1ccccc1)(c1ccccc1)c1ccccc1)OCCCC(c1ccccc1)(c1ccccc1)c1ccccc1. The maximum Gasteiger partial charge on any atom is 0.636 e. The summed E-state index contributed by atoms with van der Waals surface area (Å²) in [7, 11) is -1.29. The van der Waals surface area contributed by atoms with Crippen LogP contribution in [0.15, 0.2) is 182 Å². The summed E-state index contributed by atoms with van der Waals surface area (Å²) < 4.78 is 11.7. The van der Waals surface area contributed by atoms with Gasteiger partial charge in [-0.25, -0.2) is 0 Å². The summed E-state index contributed by atoms with van der Waals surface area (Å²) in [5.41, 5.74) is 6.70. The first-order chi connectivity index (χ1) is 23.7. The van der Waals surface area contributed by atoms with Gasteiger partial charge in [0, 0.05) is 24.0 Å². The van der Waals surface area contributed by atoms with Gasteiger partial charge in [0.15, 0.2) is 0 Å².